The average molecular weight is 522 g/mol. The molecule has 4 heterocycles. The van der Waals surface area contributed by atoms with Crippen LogP contribution in [0.25, 0.3) is 16.8 Å². The van der Waals surface area contributed by atoms with E-state index in [0.717, 1.165) is 25.9 Å². The van der Waals surface area contributed by atoms with Crippen molar-refractivity contribution in [3.63, 3.8) is 0 Å². The number of benzene rings is 1. The van der Waals surface area contributed by atoms with Gasteiger partial charge in [0.1, 0.15) is 11.6 Å². The summed E-state index contributed by atoms with van der Waals surface area (Å²) in [5, 5.41) is 18.6. The van der Waals surface area contributed by atoms with Crippen LogP contribution in [0, 0.1) is 17.6 Å². The lowest BCUT2D eigenvalue weighted by molar-refractivity contribution is -0.0392. The number of hydrogen-bond acceptors (Lipinski definition) is 7. The van der Waals surface area contributed by atoms with E-state index < -0.39 is 22.8 Å². The van der Waals surface area contributed by atoms with Crippen molar-refractivity contribution in [2.24, 2.45) is 16.6 Å². The quantitative estimate of drug-likeness (QED) is 0.471. The molecule has 200 valence electrons. The van der Waals surface area contributed by atoms with Gasteiger partial charge in [0.05, 0.1) is 40.2 Å². The zero-order valence-electron chi connectivity index (χ0n) is 21.6. The average Bonchev–Trinajstić information content (AvgIpc) is 3.23. The largest absolute Gasteiger partial charge is 0.385 e. The van der Waals surface area contributed by atoms with E-state index in [1.165, 1.54) is 12.1 Å². The van der Waals surface area contributed by atoms with Crippen LogP contribution >= 0.6 is 0 Å². The summed E-state index contributed by atoms with van der Waals surface area (Å²) in [6.07, 6.45) is 10.2. The van der Waals surface area contributed by atoms with Gasteiger partial charge in [-0.2, -0.15) is 9.61 Å². The van der Waals surface area contributed by atoms with Gasteiger partial charge in [-0.1, -0.05) is 6.92 Å². The Balaban J connectivity index is 1.33. The van der Waals surface area contributed by atoms with Gasteiger partial charge in [0.2, 0.25) is 5.95 Å². The molecule has 0 bridgehead atoms. The Morgan fingerprint density at radius 3 is 2.61 bits per heavy atom. The monoisotopic (exact) mass is 521 g/mol. The van der Waals surface area contributed by atoms with E-state index in [4.69, 9.17) is 5.73 Å². The highest BCUT2D eigenvalue weighted by molar-refractivity contribution is 5.78. The third-order valence-electron chi connectivity index (χ3n) is 8.21. The third-order valence-corrected chi connectivity index (χ3v) is 8.21. The highest BCUT2D eigenvalue weighted by atomic mass is 19.1. The lowest BCUT2D eigenvalue weighted by atomic mass is 9.75. The third kappa shape index (κ3) is 4.30. The first kappa shape index (κ1) is 25.1. The maximum atomic E-state index is 15.2. The van der Waals surface area contributed by atoms with Crippen LogP contribution in [0.1, 0.15) is 45.1 Å². The van der Waals surface area contributed by atoms with Gasteiger partial charge in [0.15, 0.2) is 0 Å². The van der Waals surface area contributed by atoms with Crippen molar-refractivity contribution in [1.29, 1.82) is 0 Å². The number of anilines is 1. The Morgan fingerprint density at radius 1 is 1.16 bits per heavy atom. The number of aliphatic imine (C=N–C) groups is 1. The number of hydrogen-bond donors (Lipinski definition) is 3. The Labute approximate surface area is 220 Å². The molecule has 2 unspecified atom stereocenters. The van der Waals surface area contributed by atoms with Gasteiger partial charge in [-0.05, 0) is 74.4 Å². The fraction of sp³-hybridized carbons (Fsp3) is 0.464. The number of likely N-dealkylation sites (tertiary alicyclic amines) is 1. The summed E-state index contributed by atoms with van der Waals surface area (Å²) in [6, 6.07) is 5.82. The van der Waals surface area contributed by atoms with Crippen LogP contribution in [0.4, 0.5) is 14.7 Å². The Bertz CT molecular complexity index is 1400. The molecule has 0 radical (unpaired) electrons. The van der Waals surface area contributed by atoms with Crippen LogP contribution in [-0.2, 0) is 5.60 Å². The SMILES string of the molecule is C[C@@H]1C[C@H](N)CN(C2C=CN=CC2(C)Nc2ncc3ccc(-c4c(F)cc(C5(O)CCC5)cc4F)nn23)C1. The molecule has 0 spiro atoms. The Hall–Kier alpha value is -3.21. The van der Waals surface area contributed by atoms with Gasteiger partial charge in [-0.3, -0.25) is 9.89 Å². The van der Waals surface area contributed by atoms with E-state index in [0.29, 0.717) is 30.2 Å². The van der Waals surface area contributed by atoms with Crippen LogP contribution in [0.3, 0.4) is 0 Å². The van der Waals surface area contributed by atoms with Gasteiger partial charge >= 0.3 is 0 Å². The zero-order valence-corrected chi connectivity index (χ0v) is 21.6. The molecular weight excluding hydrogens is 488 g/mol. The topological polar surface area (TPSA) is 104 Å². The van der Waals surface area contributed by atoms with E-state index in [-0.39, 0.29) is 28.9 Å². The second-order valence-electron chi connectivity index (χ2n) is 11.4. The standard InChI is InChI=1S/C28H33F2N7O/c1-17-10-19(31)15-36(14-17)24-6-9-32-16-27(24,2)34-26-33-13-20-4-5-23(35-37(20)26)25-21(29)11-18(12-22(25)30)28(38)7-3-8-28/h4-6,9,11-13,16-17,19,24,38H,3,7-8,10,14-15,31H2,1-2H3,(H,33,34)/t17-,19+,24?,27?/m1/s1. The number of imidazole rings is 1. The fourth-order valence-corrected chi connectivity index (χ4v) is 6.11. The minimum absolute atomic E-state index is 0.0240. The van der Waals surface area contributed by atoms with Gasteiger partial charge in [0.25, 0.3) is 0 Å². The van der Waals surface area contributed by atoms with E-state index in [1.807, 2.05) is 13.1 Å². The number of aromatic nitrogens is 3. The van der Waals surface area contributed by atoms with Crippen LogP contribution in [-0.4, -0.2) is 61.5 Å². The zero-order chi connectivity index (χ0) is 26.7. The summed E-state index contributed by atoms with van der Waals surface area (Å²) < 4.78 is 31.9. The molecule has 1 aromatic carbocycles. The van der Waals surface area contributed by atoms with Crippen molar-refractivity contribution in [2.75, 3.05) is 18.4 Å². The van der Waals surface area contributed by atoms with E-state index in [1.54, 1.807) is 29.0 Å². The molecule has 4 atom stereocenters. The van der Waals surface area contributed by atoms with Gasteiger partial charge in [0, 0.05) is 31.5 Å². The van der Waals surface area contributed by atoms with Crippen molar-refractivity contribution in [1.82, 2.24) is 19.5 Å². The molecule has 38 heavy (non-hydrogen) atoms. The molecule has 6 rings (SSSR count). The second-order valence-corrected chi connectivity index (χ2v) is 11.4. The number of piperidine rings is 1. The Kier molecular flexibility index (Phi) is 6.08. The number of nitrogens with two attached hydrogens (primary N) is 1. The van der Waals surface area contributed by atoms with Gasteiger partial charge < -0.3 is 16.2 Å². The molecular formula is C28H33F2N7O. The molecule has 3 aliphatic rings. The predicted octanol–water partition coefficient (Wildman–Crippen LogP) is 3.85. The van der Waals surface area contributed by atoms with Crippen molar-refractivity contribution >= 4 is 17.7 Å². The summed E-state index contributed by atoms with van der Waals surface area (Å²) in [4.78, 5) is 11.3. The van der Waals surface area contributed by atoms with Gasteiger partial charge in [-0.15, -0.1) is 0 Å². The number of fused-ring (bicyclic) bond motifs is 1. The van der Waals surface area contributed by atoms with Crippen LogP contribution in [0.15, 0.2) is 47.7 Å². The minimum Gasteiger partial charge on any atom is -0.385 e. The smallest absolute Gasteiger partial charge is 0.225 e. The summed E-state index contributed by atoms with van der Waals surface area (Å²) in [6.45, 7) is 5.95. The van der Waals surface area contributed by atoms with E-state index >= 15 is 8.78 Å². The molecule has 8 nitrogen and oxygen atoms in total. The van der Waals surface area contributed by atoms with Crippen molar-refractivity contribution in [2.45, 2.75) is 62.8 Å². The number of aliphatic hydroxyl groups is 1. The number of nitrogens with zero attached hydrogens (tertiary/aromatic N) is 5. The molecule has 1 saturated heterocycles. The molecule has 2 aromatic heterocycles. The van der Waals surface area contributed by atoms with Gasteiger partial charge in [-0.25, -0.2) is 13.8 Å². The first-order valence-electron chi connectivity index (χ1n) is 13.2. The molecule has 10 heteroatoms. The maximum absolute atomic E-state index is 15.2. The number of rotatable bonds is 5. The first-order chi connectivity index (χ1) is 18.1. The van der Waals surface area contributed by atoms with Crippen molar-refractivity contribution in [3.05, 3.63) is 59.9 Å². The molecule has 2 aliphatic heterocycles. The molecule has 1 saturated carbocycles. The molecule has 4 N–H and O–H groups in total. The van der Waals surface area contributed by atoms with E-state index in [2.05, 4.69) is 38.3 Å². The molecule has 0 amide bonds. The highest BCUT2D eigenvalue weighted by Gasteiger charge is 2.40. The van der Waals surface area contributed by atoms with Crippen molar-refractivity contribution in [3.8, 4) is 11.3 Å². The first-order valence-corrected chi connectivity index (χ1v) is 13.2. The van der Waals surface area contributed by atoms with Crippen LogP contribution in [0.5, 0.6) is 0 Å². The fourth-order valence-electron chi connectivity index (χ4n) is 6.11. The lowest BCUT2D eigenvalue weighted by Crippen LogP contribution is -2.61. The normalized spacial score (nSPS) is 28.9. The van der Waals surface area contributed by atoms with E-state index in [9.17, 15) is 5.11 Å². The second kappa shape index (κ2) is 9.21. The summed E-state index contributed by atoms with van der Waals surface area (Å²) >= 11 is 0. The van der Waals surface area contributed by atoms with Crippen LogP contribution < -0.4 is 11.1 Å². The van der Waals surface area contributed by atoms with Crippen LogP contribution in [0.2, 0.25) is 0 Å². The number of halogens is 2. The highest BCUT2D eigenvalue weighted by Crippen LogP contribution is 2.42. The summed E-state index contributed by atoms with van der Waals surface area (Å²) in [5.41, 5.74) is 5.40. The molecule has 2 fully saturated rings. The number of nitrogens with one attached hydrogen (secondary N) is 1. The Morgan fingerprint density at radius 2 is 1.92 bits per heavy atom. The lowest BCUT2D eigenvalue weighted by Gasteiger charge is -2.46. The summed E-state index contributed by atoms with van der Waals surface area (Å²) in [5.74, 6) is -0.595. The summed E-state index contributed by atoms with van der Waals surface area (Å²) in [7, 11) is 0. The molecule has 3 aromatic rings. The van der Waals surface area contributed by atoms with Crippen molar-refractivity contribution < 1.29 is 13.9 Å². The minimum atomic E-state index is -1.16. The maximum Gasteiger partial charge on any atom is 0.225 e. The molecule has 1 aliphatic carbocycles. The predicted molar refractivity (Wildman–Crippen MR) is 143 cm³/mol.